The van der Waals surface area contributed by atoms with E-state index in [0.29, 0.717) is 0 Å². The van der Waals surface area contributed by atoms with Crippen LogP contribution < -0.4 is 10.5 Å². The van der Waals surface area contributed by atoms with Gasteiger partial charge in [0.2, 0.25) is 5.03 Å². The summed E-state index contributed by atoms with van der Waals surface area (Å²) in [6.45, 7) is 1.34. The summed E-state index contributed by atoms with van der Waals surface area (Å²) in [4.78, 5) is 3.27. The molecular formula is C7H6ClF3N2O3S. The molecule has 5 nitrogen and oxygen atoms in total. The van der Waals surface area contributed by atoms with Gasteiger partial charge in [-0.2, -0.15) is 0 Å². The van der Waals surface area contributed by atoms with E-state index < -0.39 is 31.9 Å². The fourth-order valence-corrected chi connectivity index (χ4v) is 1.85. The fraction of sp³-hybridized carbons (Fsp3) is 0.286. The van der Waals surface area contributed by atoms with Crippen molar-refractivity contribution in [3.8, 4) is 5.75 Å². The standard InChI is InChI=1S/C7H6ClF3N2O3S/c1-3-2-13-6(17(8,14)15)5(4(3)12)16-7(9,10)11/h2H,1H3,(H2,12,13). The molecule has 2 N–H and O–H groups in total. The molecule has 1 heterocycles. The molecule has 0 bridgehead atoms. The predicted molar refractivity (Wildman–Crippen MR) is 53.1 cm³/mol. The number of aromatic nitrogens is 1. The van der Waals surface area contributed by atoms with Gasteiger partial charge in [0.05, 0.1) is 5.69 Å². The van der Waals surface area contributed by atoms with Gasteiger partial charge in [-0.25, -0.2) is 13.4 Å². The first-order valence-electron chi connectivity index (χ1n) is 3.98. The molecule has 0 aliphatic rings. The Labute approximate surface area is 98.8 Å². The monoisotopic (exact) mass is 290 g/mol. The minimum Gasteiger partial charge on any atom is -0.400 e. The molecule has 1 rings (SSSR count). The second kappa shape index (κ2) is 4.22. The van der Waals surface area contributed by atoms with E-state index >= 15 is 0 Å². The number of hydrogen-bond acceptors (Lipinski definition) is 5. The Bertz CT molecular complexity index is 544. The lowest BCUT2D eigenvalue weighted by Gasteiger charge is -2.14. The van der Waals surface area contributed by atoms with Crippen molar-refractivity contribution in [2.75, 3.05) is 5.73 Å². The van der Waals surface area contributed by atoms with E-state index in [4.69, 9.17) is 16.4 Å². The predicted octanol–water partition coefficient (Wildman–Crippen LogP) is 1.80. The number of nitrogens with two attached hydrogens (primary N) is 1. The Morgan fingerprint density at radius 3 is 2.41 bits per heavy atom. The number of rotatable bonds is 2. The minimum atomic E-state index is -5.10. The molecule has 0 unspecified atom stereocenters. The molecule has 1 aromatic rings. The van der Waals surface area contributed by atoms with Gasteiger partial charge < -0.3 is 10.5 Å². The number of halogens is 4. The van der Waals surface area contributed by atoms with Crippen molar-refractivity contribution in [2.45, 2.75) is 18.3 Å². The number of anilines is 1. The fourth-order valence-electron chi connectivity index (χ4n) is 0.966. The van der Waals surface area contributed by atoms with Crippen LogP contribution in [0.1, 0.15) is 5.56 Å². The van der Waals surface area contributed by atoms with Crippen molar-refractivity contribution in [1.82, 2.24) is 4.98 Å². The molecule has 96 valence electrons. The van der Waals surface area contributed by atoms with Crippen molar-refractivity contribution < 1.29 is 26.3 Å². The molecule has 0 aliphatic heterocycles. The third kappa shape index (κ3) is 3.37. The highest BCUT2D eigenvalue weighted by Gasteiger charge is 2.36. The van der Waals surface area contributed by atoms with Crippen LogP contribution in [-0.4, -0.2) is 19.8 Å². The zero-order valence-electron chi connectivity index (χ0n) is 8.25. The first kappa shape index (κ1) is 13.8. The average Bonchev–Trinajstić information content (AvgIpc) is 2.08. The highest BCUT2D eigenvalue weighted by molar-refractivity contribution is 8.13. The van der Waals surface area contributed by atoms with Gasteiger partial charge in [-0.15, -0.1) is 13.2 Å². The third-order valence-corrected chi connectivity index (χ3v) is 2.88. The lowest BCUT2D eigenvalue weighted by Crippen LogP contribution is -2.20. The Kier molecular flexibility index (Phi) is 3.44. The first-order valence-corrected chi connectivity index (χ1v) is 6.29. The minimum absolute atomic E-state index is 0.133. The maximum absolute atomic E-state index is 12.1. The van der Waals surface area contributed by atoms with E-state index in [9.17, 15) is 21.6 Å². The summed E-state index contributed by atoms with van der Waals surface area (Å²) in [7, 11) is 0.435. The summed E-state index contributed by atoms with van der Waals surface area (Å²) in [5.74, 6) is -1.12. The quantitative estimate of drug-likeness (QED) is 0.840. The Morgan fingerprint density at radius 1 is 1.47 bits per heavy atom. The number of hydrogen-bond donors (Lipinski definition) is 1. The van der Waals surface area contributed by atoms with Gasteiger partial charge in [0, 0.05) is 16.9 Å². The molecule has 0 saturated heterocycles. The van der Waals surface area contributed by atoms with Crippen molar-refractivity contribution in [1.29, 1.82) is 0 Å². The van der Waals surface area contributed by atoms with Gasteiger partial charge in [-0.3, -0.25) is 0 Å². The second-order valence-corrected chi connectivity index (χ2v) is 5.46. The molecule has 0 atom stereocenters. The summed E-state index contributed by atoms with van der Waals surface area (Å²) in [6.07, 6.45) is -4.12. The number of pyridine rings is 1. The lowest BCUT2D eigenvalue weighted by atomic mass is 10.2. The molecule has 0 radical (unpaired) electrons. The molecule has 1 aromatic heterocycles. The molecule has 0 saturated carbocycles. The molecule has 0 fully saturated rings. The van der Waals surface area contributed by atoms with Gasteiger partial charge in [-0.05, 0) is 12.5 Å². The zero-order chi connectivity index (χ0) is 13.4. The molecule has 0 amide bonds. The number of nitrogens with zero attached hydrogens (tertiary/aromatic N) is 1. The van der Waals surface area contributed by atoms with E-state index in [1.54, 1.807) is 0 Å². The highest BCUT2D eigenvalue weighted by Crippen LogP contribution is 2.36. The first-order chi connectivity index (χ1) is 7.52. The third-order valence-electron chi connectivity index (χ3n) is 1.69. The van der Waals surface area contributed by atoms with Gasteiger partial charge in [0.1, 0.15) is 0 Å². The smallest absolute Gasteiger partial charge is 0.400 e. The number of nitrogen functional groups attached to an aromatic ring is 1. The van der Waals surface area contributed by atoms with Crippen LogP contribution in [0.4, 0.5) is 18.9 Å². The van der Waals surface area contributed by atoms with Gasteiger partial charge in [-0.1, -0.05) is 0 Å². The van der Waals surface area contributed by atoms with Gasteiger partial charge in [0.25, 0.3) is 9.05 Å². The number of aryl methyl sites for hydroxylation is 1. The maximum atomic E-state index is 12.1. The van der Waals surface area contributed by atoms with E-state index in [1.807, 2.05) is 0 Å². The molecule has 0 aliphatic carbocycles. The summed E-state index contributed by atoms with van der Waals surface area (Å²) in [6, 6.07) is 0. The SMILES string of the molecule is Cc1cnc(S(=O)(=O)Cl)c(OC(F)(F)F)c1N. The highest BCUT2D eigenvalue weighted by atomic mass is 35.7. The van der Waals surface area contributed by atoms with Gasteiger partial charge in [0.15, 0.2) is 5.75 Å². The molecule has 10 heteroatoms. The Balaban J connectivity index is 3.48. The van der Waals surface area contributed by atoms with E-state index in [1.165, 1.54) is 6.92 Å². The largest absolute Gasteiger partial charge is 0.573 e. The van der Waals surface area contributed by atoms with Crippen LogP contribution in [0.3, 0.4) is 0 Å². The number of ether oxygens (including phenoxy) is 1. The lowest BCUT2D eigenvalue weighted by molar-refractivity contribution is -0.275. The van der Waals surface area contributed by atoms with Crippen molar-refractivity contribution in [3.63, 3.8) is 0 Å². The topological polar surface area (TPSA) is 82.3 Å². The van der Waals surface area contributed by atoms with E-state index in [0.717, 1.165) is 6.20 Å². The van der Waals surface area contributed by atoms with Crippen LogP contribution in [0.2, 0.25) is 0 Å². The summed E-state index contributed by atoms with van der Waals surface area (Å²) in [5, 5.41) is -1.07. The Morgan fingerprint density at radius 2 is 2.00 bits per heavy atom. The maximum Gasteiger partial charge on any atom is 0.573 e. The molecule has 0 spiro atoms. The van der Waals surface area contributed by atoms with Crippen LogP contribution in [-0.2, 0) is 9.05 Å². The molecule has 17 heavy (non-hydrogen) atoms. The van der Waals surface area contributed by atoms with Crippen molar-refractivity contribution >= 4 is 25.4 Å². The summed E-state index contributed by atoms with van der Waals surface area (Å²) in [5.41, 5.74) is 4.94. The second-order valence-electron chi connectivity index (χ2n) is 2.97. The van der Waals surface area contributed by atoms with Crippen LogP contribution in [0.25, 0.3) is 0 Å². The number of alkyl halides is 3. The van der Waals surface area contributed by atoms with Crippen LogP contribution in [0, 0.1) is 6.92 Å². The van der Waals surface area contributed by atoms with Crippen LogP contribution in [0.5, 0.6) is 5.75 Å². The van der Waals surface area contributed by atoms with E-state index in [2.05, 4.69) is 9.72 Å². The summed E-state index contributed by atoms with van der Waals surface area (Å²) < 4.78 is 61.8. The van der Waals surface area contributed by atoms with E-state index in [-0.39, 0.29) is 5.56 Å². The van der Waals surface area contributed by atoms with Crippen LogP contribution >= 0.6 is 10.7 Å². The zero-order valence-corrected chi connectivity index (χ0v) is 9.82. The summed E-state index contributed by atoms with van der Waals surface area (Å²) >= 11 is 0. The molecule has 0 aromatic carbocycles. The van der Waals surface area contributed by atoms with Crippen LogP contribution in [0.15, 0.2) is 11.2 Å². The Hall–Kier alpha value is -1.22. The average molecular weight is 291 g/mol. The molecular weight excluding hydrogens is 285 g/mol. The van der Waals surface area contributed by atoms with Gasteiger partial charge >= 0.3 is 6.36 Å². The normalized spacial score (nSPS) is 12.5. The van der Waals surface area contributed by atoms with Crippen molar-refractivity contribution in [3.05, 3.63) is 11.8 Å². The van der Waals surface area contributed by atoms with Crippen molar-refractivity contribution in [2.24, 2.45) is 0 Å².